The van der Waals surface area contributed by atoms with Crippen molar-refractivity contribution in [1.82, 2.24) is 14.9 Å². The highest BCUT2D eigenvalue weighted by Gasteiger charge is 2.27. The topological polar surface area (TPSA) is 77.0 Å². The van der Waals surface area contributed by atoms with Crippen molar-refractivity contribution in [2.45, 2.75) is 0 Å². The Morgan fingerprint density at radius 2 is 2.00 bits per heavy atom. The molecule has 3 aromatic rings. The van der Waals surface area contributed by atoms with E-state index in [4.69, 9.17) is 14.2 Å². The van der Waals surface area contributed by atoms with Gasteiger partial charge in [0.15, 0.2) is 16.6 Å². The van der Waals surface area contributed by atoms with Crippen LogP contribution in [-0.4, -0.2) is 67.3 Å². The van der Waals surface area contributed by atoms with Gasteiger partial charge in [-0.1, -0.05) is 11.3 Å². The van der Waals surface area contributed by atoms with E-state index in [0.29, 0.717) is 49.1 Å². The number of nitrogens with zero attached hydrogens (tertiary/aromatic N) is 4. The summed E-state index contributed by atoms with van der Waals surface area (Å²) >= 11 is 1.58. The molecule has 5 rings (SSSR count). The van der Waals surface area contributed by atoms with Crippen LogP contribution in [0.25, 0.3) is 10.3 Å². The van der Waals surface area contributed by atoms with E-state index in [1.54, 1.807) is 36.8 Å². The molecule has 9 heteroatoms. The molecule has 1 saturated heterocycles. The maximum absolute atomic E-state index is 13.1. The molecule has 0 spiro atoms. The second kappa shape index (κ2) is 7.40. The highest BCUT2D eigenvalue weighted by atomic mass is 32.1. The number of amides is 1. The molecular formula is C20H20N4O4S. The Hall–Kier alpha value is -3.07. The highest BCUT2D eigenvalue weighted by Crippen LogP contribution is 2.40. The molecule has 2 aliphatic rings. The normalized spacial score (nSPS) is 16.2. The van der Waals surface area contributed by atoms with E-state index in [1.165, 1.54) is 0 Å². The fourth-order valence-electron chi connectivity index (χ4n) is 3.57. The molecule has 0 saturated carbocycles. The van der Waals surface area contributed by atoms with Crippen LogP contribution in [0.5, 0.6) is 17.2 Å². The number of pyridine rings is 1. The molecule has 1 amide bonds. The van der Waals surface area contributed by atoms with Crippen molar-refractivity contribution in [2.24, 2.45) is 0 Å². The number of carbonyl (C=O) groups excluding carboxylic acids is 1. The largest absolute Gasteiger partial charge is 0.493 e. The van der Waals surface area contributed by atoms with Gasteiger partial charge in [0.05, 0.1) is 7.11 Å². The van der Waals surface area contributed by atoms with Crippen molar-refractivity contribution >= 4 is 32.7 Å². The molecule has 0 unspecified atom stereocenters. The number of carbonyl (C=O) groups is 1. The Kier molecular flexibility index (Phi) is 4.59. The second-order valence-electron chi connectivity index (χ2n) is 6.81. The lowest BCUT2D eigenvalue weighted by atomic mass is 10.1. The Morgan fingerprint density at radius 3 is 2.79 bits per heavy atom. The zero-order chi connectivity index (χ0) is 19.8. The lowest BCUT2D eigenvalue weighted by molar-refractivity contribution is 0.0745. The Bertz CT molecular complexity index is 1010. The first-order valence-electron chi connectivity index (χ1n) is 9.46. The van der Waals surface area contributed by atoms with Crippen LogP contribution in [0, 0.1) is 0 Å². The molecule has 0 atom stereocenters. The quantitative estimate of drug-likeness (QED) is 0.654. The molecule has 29 heavy (non-hydrogen) atoms. The highest BCUT2D eigenvalue weighted by molar-refractivity contribution is 7.21. The van der Waals surface area contributed by atoms with Crippen LogP contribution >= 0.6 is 11.3 Å². The van der Waals surface area contributed by atoms with E-state index in [9.17, 15) is 4.79 Å². The lowest BCUT2D eigenvalue weighted by Crippen LogP contribution is -2.48. The SMILES string of the molecule is COc1cc(C(=O)N2CCN(c3nc4cccnc4s3)CC2)cc2c1OCCO2. The van der Waals surface area contributed by atoms with E-state index in [0.717, 1.165) is 28.6 Å². The molecule has 8 nitrogen and oxygen atoms in total. The molecule has 4 heterocycles. The van der Waals surface area contributed by atoms with E-state index in [2.05, 4.69) is 14.9 Å². The first-order valence-corrected chi connectivity index (χ1v) is 10.3. The summed E-state index contributed by atoms with van der Waals surface area (Å²) in [6.45, 7) is 3.64. The summed E-state index contributed by atoms with van der Waals surface area (Å²) in [7, 11) is 1.56. The zero-order valence-corrected chi connectivity index (χ0v) is 16.8. The summed E-state index contributed by atoms with van der Waals surface area (Å²) < 4.78 is 16.7. The van der Waals surface area contributed by atoms with Gasteiger partial charge in [-0.2, -0.15) is 0 Å². The maximum atomic E-state index is 13.1. The number of thiazole rings is 1. The summed E-state index contributed by atoms with van der Waals surface area (Å²) in [5, 5.41) is 0.951. The first kappa shape index (κ1) is 18.0. The number of anilines is 1. The van der Waals surface area contributed by atoms with Crippen molar-refractivity contribution in [3.05, 3.63) is 36.0 Å². The number of hydrogen-bond donors (Lipinski definition) is 0. The summed E-state index contributed by atoms with van der Waals surface area (Å²) in [6, 6.07) is 7.33. The Labute approximate surface area is 171 Å². The van der Waals surface area contributed by atoms with Gasteiger partial charge >= 0.3 is 0 Å². The number of fused-ring (bicyclic) bond motifs is 2. The minimum Gasteiger partial charge on any atom is -0.493 e. The third-order valence-electron chi connectivity index (χ3n) is 5.07. The molecule has 150 valence electrons. The van der Waals surface area contributed by atoms with Crippen LogP contribution in [-0.2, 0) is 0 Å². The third-order valence-corrected chi connectivity index (χ3v) is 6.11. The molecule has 0 aliphatic carbocycles. The molecule has 2 aromatic heterocycles. The number of benzene rings is 1. The van der Waals surface area contributed by atoms with Crippen molar-refractivity contribution in [3.63, 3.8) is 0 Å². The van der Waals surface area contributed by atoms with Gasteiger partial charge in [-0.05, 0) is 24.3 Å². The average Bonchev–Trinajstić information content (AvgIpc) is 3.22. The molecule has 0 N–H and O–H groups in total. The summed E-state index contributed by atoms with van der Waals surface area (Å²) in [6.07, 6.45) is 1.78. The van der Waals surface area contributed by atoms with Gasteiger partial charge in [-0.15, -0.1) is 0 Å². The molecule has 0 bridgehead atoms. The molecule has 0 radical (unpaired) electrons. The monoisotopic (exact) mass is 412 g/mol. The van der Waals surface area contributed by atoms with Crippen LogP contribution < -0.4 is 19.1 Å². The Balaban J connectivity index is 1.31. The molecular weight excluding hydrogens is 392 g/mol. The smallest absolute Gasteiger partial charge is 0.254 e. The molecule has 1 aromatic carbocycles. The second-order valence-corrected chi connectivity index (χ2v) is 7.76. The van der Waals surface area contributed by atoms with Crippen molar-refractivity contribution in [1.29, 1.82) is 0 Å². The number of hydrogen-bond acceptors (Lipinski definition) is 8. The van der Waals surface area contributed by atoms with Gasteiger partial charge in [0, 0.05) is 37.9 Å². The number of methoxy groups -OCH3 is 1. The number of rotatable bonds is 3. The predicted octanol–water partition coefficient (Wildman–Crippen LogP) is 2.43. The standard InChI is InChI=1S/C20H20N4O4S/c1-26-15-11-13(12-16-17(15)28-10-9-27-16)19(25)23-5-7-24(8-6-23)20-22-14-3-2-4-21-18(14)29-20/h2-4,11-12H,5-10H2,1H3. The number of aromatic nitrogens is 2. The van der Waals surface area contributed by atoms with Gasteiger partial charge in [0.25, 0.3) is 5.91 Å². The minimum atomic E-state index is -0.0362. The lowest BCUT2D eigenvalue weighted by Gasteiger charge is -2.34. The average molecular weight is 412 g/mol. The first-order chi connectivity index (χ1) is 14.2. The van der Waals surface area contributed by atoms with Crippen LogP contribution in [0.15, 0.2) is 30.5 Å². The zero-order valence-electron chi connectivity index (χ0n) is 16.0. The van der Waals surface area contributed by atoms with Gasteiger partial charge in [0.2, 0.25) is 5.75 Å². The third kappa shape index (κ3) is 3.31. The Morgan fingerprint density at radius 1 is 1.17 bits per heavy atom. The maximum Gasteiger partial charge on any atom is 0.254 e. The predicted molar refractivity (Wildman–Crippen MR) is 110 cm³/mol. The van der Waals surface area contributed by atoms with Gasteiger partial charge in [0.1, 0.15) is 23.6 Å². The fourth-order valence-corrected chi connectivity index (χ4v) is 4.53. The number of piperazine rings is 1. The van der Waals surface area contributed by atoms with Crippen LogP contribution in [0.1, 0.15) is 10.4 Å². The molecule has 1 fully saturated rings. The van der Waals surface area contributed by atoms with Crippen molar-refractivity contribution in [2.75, 3.05) is 51.4 Å². The number of ether oxygens (including phenoxy) is 3. The van der Waals surface area contributed by atoms with E-state index < -0.39 is 0 Å². The van der Waals surface area contributed by atoms with Gasteiger partial charge in [-0.25, -0.2) is 9.97 Å². The van der Waals surface area contributed by atoms with Gasteiger partial charge in [-0.3, -0.25) is 4.79 Å². The summed E-state index contributed by atoms with van der Waals surface area (Å²) in [4.78, 5) is 27.1. The van der Waals surface area contributed by atoms with E-state index >= 15 is 0 Å². The fraction of sp³-hybridized carbons (Fsp3) is 0.350. The summed E-state index contributed by atoms with van der Waals surface area (Å²) in [5.41, 5.74) is 1.46. The van der Waals surface area contributed by atoms with Crippen LogP contribution in [0.4, 0.5) is 5.13 Å². The summed E-state index contributed by atoms with van der Waals surface area (Å²) in [5.74, 6) is 1.60. The van der Waals surface area contributed by atoms with E-state index in [1.807, 2.05) is 17.0 Å². The molecule has 2 aliphatic heterocycles. The van der Waals surface area contributed by atoms with Crippen LogP contribution in [0.3, 0.4) is 0 Å². The minimum absolute atomic E-state index is 0.0362. The van der Waals surface area contributed by atoms with Crippen molar-refractivity contribution < 1.29 is 19.0 Å². The van der Waals surface area contributed by atoms with E-state index in [-0.39, 0.29) is 5.91 Å². The van der Waals surface area contributed by atoms with Gasteiger partial charge < -0.3 is 24.0 Å². The van der Waals surface area contributed by atoms with Crippen molar-refractivity contribution in [3.8, 4) is 17.2 Å². The van der Waals surface area contributed by atoms with Crippen LogP contribution in [0.2, 0.25) is 0 Å².